The van der Waals surface area contributed by atoms with Gasteiger partial charge in [-0.25, -0.2) is 16.8 Å². The molecule has 240 valence electrons. The van der Waals surface area contributed by atoms with Crippen LogP contribution in [0.3, 0.4) is 0 Å². The van der Waals surface area contributed by atoms with E-state index < -0.39 is 20.2 Å². The first-order valence-electron chi connectivity index (χ1n) is 15.9. The molecule has 4 aromatic rings. The van der Waals surface area contributed by atoms with Crippen molar-refractivity contribution in [2.75, 3.05) is 0 Å². The summed E-state index contributed by atoms with van der Waals surface area (Å²) in [6.07, 6.45) is 12.5. The maximum absolute atomic E-state index is 11.5. The van der Waals surface area contributed by atoms with Crippen LogP contribution in [0, 0.1) is 0 Å². The van der Waals surface area contributed by atoms with E-state index in [0.717, 1.165) is 98.9 Å². The predicted octanol–water partition coefficient (Wildman–Crippen LogP) is 8.48. The zero-order valence-corrected chi connectivity index (χ0v) is 31.1. The predicted molar refractivity (Wildman–Crippen MR) is 184 cm³/mol. The normalized spacial score (nSPS) is 11.7. The van der Waals surface area contributed by atoms with E-state index in [2.05, 4.69) is 39.8 Å². The monoisotopic (exact) mass is 678 g/mol. The molecule has 0 heterocycles. The van der Waals surface area contributed by atoms with Crippen LogP contribution in [0.15, 0.2) is 70.5 Å². The van der Waals surface area contributed by atoms with Crippen LogP contribution < -0.4 is 0 Å². The number of aryl methyl sites for hydroxylation is 4. The molecule has 0 aliphatic rings. The minimum absolute atomic E-state index is 0. The first kappa shape index (κ1) is 39.7. The van der Waals surface area contributed by atoms with E-state index in [4.69, 9.17) is 0 Å². The van der Waals surface area contributed by atoms with Crippen molar-refractivity contribution >= 4 is 79.5 Å². The van der Waals surface area contributed by atoms with Gasteiger partial charge in [0.2, 0.25) is 0 Å². The van der Waals surface area contributed by atoms with Gasteiger partial charge >= 0.3 is 37.7 Å². The van der Waals surface area contributed by atoms with E-state index in [1.54, 1.807) is 24.3 Å². The van der Waals surface area contributed by atoms with Crippen molar-refractivity contribution in [3.05, 3.63) is 82.9 Å². The average Bonchev–Trinajstić information content (AvgIpc) is 2.99. The van der Waals surface area contributed by atoms with Crippen molar-refractivity contribution in [2.24, 2.45) is 0 Å². The molecule has 45 heavy (non-hydrogen) atoms. The molecule has 0 saturated carbocycles. The van der Waals surface area contributed by atoms with E-state index in [-0.39, 0.29) is 47.5 Å². The Morgan fingerprint density at radius 1 is 0.467 bits per heavy atom. The van der Waals surface area contributed by atoms with E-state index >= 15 is 0 Å². The summed E-state index contributed by atoms with van der Waals surface area (Å²) < 4.78 is 68.8. The molecule has 0 aliphatic carbocycles. The first-order chi connectivity index (χ1) is 20.9. The van der Waals surface area contributed by atoms with E-state index in [9.17, 15) is 25.9 Å². The molecule has 0 atom stereocenters. The van der Waals surface area contributed by atoms with Gasteiger partial charge in [-0.15, -0.1) is 0 Å². The van der Waals surface area contributed by atoms with Gasteiger partial charge in [-0.3, -0.25) is 0 Å². The quantitative estimate of drug-likeness (QED) is 0.0976. The second-order valence-electron chi connectivity index (χ2n) is 11.5. The largest absolute Gasteiger partial charge is 2.00 e. The molecule has 0 saturated heterocycles. The smallest absolute Gasteiger partial charge is 0.744 e. The van der Waals surface area contributed by atoms with Crippen molar-refractivity contribution in [3.8, 4) is 0 Å². The third-order valence-corrected chi connectivity index (χ3v) is 9.83. The van der Waals surface area contributed by atoms with E-state index in [1.165, 1.54) is 23.3 Å². The number of hydrogen-bond acceptors (Lipinski definition) is 6. The average molecular weight is 679 g/mol. The molecular weight excluding hydrogens is 633 g/mol. The molecule has 0 aliphatic heterocycles. The van der Waals surface area contributed by atoms with Crippen LogP contribution in [0.5, 0.6) is 0 Å². The van der Waals surface area contributed by atoms with Crippen molar-refractivity contribution in [1.29, 1.82) is 0 Å². The second kappa shape index (κ2) is 18.7. The van der Waals surface area contributed by atoms with Gasteiger partial charge in [0.15, 0.2) is 0 Å². The molecule has 0 radical (unpaired) electrons. The first-order valence-corrected chi connectivity index (χ1v) is 18.8. The van der Waals surface area contributed by atoms with Crippen LogP contribution >= 0.6 is 0 Å². The zero-order valence-electron chi connectivity index (χ0n) is 27.2. The van der Waals surface area contributed by atoms with Crippen LogP contribution in [0.1, 0.15) is 101 Å². The van der Waals surface area contributed by atoms with Crippen LogP contribution in [0.2, 0.25) is 0 Å². The molecule has 6 nitrogen and oxygen atoms in total. The molecule has 9 heteroatoms. The van der Waals surface area contributed by atoms with E-state index in [1.807, 2.05) is 12.1 Å². The van der Waals surface area contributed by atoms with Crippen molar-refractivity contribution in [1.82, 2.24) is 0 Å². The van der Waals surface area contributed by atoms with Crippen molar-refractivity contribution in [2.45, 2.75) is 115 Å². The molecule has 4 aromatic carbocycles. The minimum Gasteiger partial charge on any atom is -0.744 e. The van der Waals surface area contributed by atoms with Gasteiger partial charge in [0.1, 0.15) is 20.2 Å². The zero-order chi connectivity index (χ0) is 32.3. The summed E-state index contributed by atoms with van der Waals surface area (Å²) in [6, 6.07) is 18.1. The Bertz CT molecular complexity index is 1630. The van der Waals surface area contributed by atoms with E-state index in [0.29, 0.717) is 10.8 Å². The standard InChI is InChI=1S/2C18H24O3S.Ca/c2*1-3-5-7-14-9-11-16-17(13-14)15(8-6-4-2)10-12-18(16)22(19,20)21;/h2*9-13H,3-8H2,1-2H3,(H,19,20,21);/q;;+2/p-2. The van der Waals surface area contributed by atoms with Gasteiger partial charge in [-0.2, -0.15) is 0 Å². The summed E-state index contributed by atoms with van der Waals surface area (Å²) in [5, 5.41) is 2.95. The topological polar surface area (TPSA) is 114 Å². The maximum Gasteiger partial charge on any atom is 2.00 e. The van der Waals surface area contributed by atoms with Crippen LogP contribution in [-0.4, -0.2) is 63.7 Å². The Morgan fingerprint density at radius 3 is 1.11 bits per heavy atom. The fourth-order valence-electron chi connectivity index (χ4n) is 5.53. The van der Waals surface area contributed by atoms with Crippen LogP contribution in [0.4, 0.5) is 0 Å². The number of rotatable bonds is 14. The fraction of sp³-hybridized carbons (Fsp3) is 0.444. The molecule has 0 N–H and O–H groups in total. The maximum atomic E-state index is 11.5. The Labute approximate surface area is 300 Å². The SMILES string of the molecule is CCCCc1ccc2c(S(=O)(=O)[O-])ccc(CCCC)c2c1.CCCCc1ccc2c(S(=O)(=O)[O-])ccc(CCCC)c2c1.[Ca+2]. The molecule has 0 bridgehead atoms. The van der Waals surface area contributed by atoms with Gasteiger partial charge < -0.3 is 9.11 Å². The Balaban J connectivity index is 0.000000307. The third-order valence-electron chi connectivity index (χ3n) is 8.04. The van der Waals surface area contributed by atoms with Gasteiger partial charge in [0.25, 0.3) is 0 Å². The van der Waals surface area contributed by atoms with Crippen molar-refractivity contribution < 1.29 is 25.9 Å². The molecule has 0 aromatic heterocycles. The summed E-state index contributed by atoms with van der Waals surface area (Å²) >= 11 is 0. The number of benzene rings is 4. The summed E-state index contributed by atoms with van der Waals surface area (Å²) in [7, 11) is -8.89. The third kappa shape index (κ3) is 11.3. The fourth-order valence-corrected chi connectivity index (χ4v) is 6.90. The number of hydrogen-bond donors (Lipinski definition) is 0. The Morgan fingerprint density at radius 2 is 0.800 bits per heavy atom. The Kier molecular flexibility index (Phi) is 16.5. The summed E-state index contributed by atoms with van der Waals surface area (Å²) in [5.74, 6) is 0. The number of fused-ring (bicyclic) bond motifs is 2. The van der Waals surface area contributed by atoms with Crippen molar-refractivity contribution in [3.63, 3.8) is 0 Å². The number of unbranched alkanes of at least 4 members (excludes halogenated alkanes) is 4. The molecule has 0 amide bonds. The molecule has 4 rings (SSSR count). The summed E-state index contributed by atoms with van der Waals surface area (Å²) in [5.41, 5.74) is 4.66. The van der Waals surface area contributed by atoms with Gasteiger partial charge in [-0.1, -0.05) is 102 Å². The summed E-state index contributed by atoms with van der Waals surface area (Å²) in [4.78, 5) is -0.213. The minimum atomic E-state index is -4.45. The molecule has 0 spiro atoms. The van der Waals surface area contributed by atoms with Crippen LogP contribution in [-0.2, 0) is 45.9 Å². The Hall–Kier alpha value is -1.52. The molecule has 0 fully saturated rings. The molecule has 0 unspecified atom stereocenters. The van der Waals surface area contributed by atoms with Gasteiger partial charge in [-0.05, 0) is 107 Å². The van der Waals surface area contributed by atoms with Crippen LogP contribution in [0.25, 0.3) is 21.5 Å². The van der Waals surface area contributed by atoms with Gasteiger partial charge in [0, 0.05) is 0 Å². The second-order valence-corrected chi connectivity index (χ2v) is 14.2. The van der Waals surface area contributed by atoms with Gasteiger partial charge in [0.05, 0.1) is 9.79 Å². The molecular formula is C36H46CaO6S2. The summed E-state index contributed by atoms with van der Waals surface area (Å²) in [6.45, 7) is 8.56.